The summed E-state index contributed by atoms with van der Waals surface area (Å²) in [5, 5.41) is 0. The summed E-state index contributed by atoms with van der Waals surface area (Å²) < 4.78 is 5.60. The van der Waals surface area contributed by atoms with Crippen LogP contribution in [0.4, 0.5) is 5.69 Å². The van der Waals surface area contributed by atoms with Crippen molar-refractivity contribution in [3.63, 3.8) is 0 Å². The molecule has 96 valence electrons. The molecule has 1 atom stereocenters. The monoisotopic (exact) mass is 244 g/mol. The third-order valence-electron chi connectivity index (χ3n) is 3.28. The van der Waals surface area contributed by atoms with Crippen LogP contribution in [-0.4, -0.2) is 11.9 Å². The summed E-state index contributed by atoms with van der Waals surface area (Å²) in [6.07, 6.45) is 0. The van der Waals surface area contributed by atoms with E-state index in [1.54, 1.807) is 0 Å². The average molecular weight is 244 g/mol. The largest absolute Gasteiger partial charge is 0.465 e. The number of aryl methyl sites for hydroxylation is 1. The third-order valence-corrected chi connectivity index (χ3v) is 3.28. The third kappa shape index (κ3) is 2.93. The van der Waals surface area contributed by atoms with Gasteiger partial charge in [0.25, 0.3) is 0 Å². The molecule has 0 saturated carbocycles. The first kappa shape index (κ1) is 12.7. The number of hydrogen-bond donors (Lipinski definition) is 1. The fraction of sp³-hybridized carbons (Fsp3) is 0.333. The smallest absolute Gasteiger partial charge is 0.118 e. The van der Waals surface area contributed by atoms with Crippen LogP contribution >= 0.6 is 0 Å². The number of nitrogens with zero attached hydrogens (tertiary/aromatic N) is 1. The molecule has 0 radical (unpaired) electrons. The molecule has 0 bridgehead atoms. The average Bonchev–Trinajstić information content (AvgIpc) is 2.75. The summed E-state index contributed by atoms with van der Waals surface area (Å²) in [4.78, 5) is 2.25. The van der Waals surface area contributed by atoms with Gasteiger partial charge in [-0.05, 0) is 50.7 Å². The quantitative estimate of drug-likeness (QED) is 0.838. The van der Waals surface area contributed by atoms with Gasteiger partial charge in [0.2, 0.25) is 0 Å². The van der Waals surface area contributed by atoms with Gasteiger partial charge < -0.3 is 10.2 Å². The standard InChI is InChI=1S/C15H20N2O/c1-11-4-9-15(18-11)10-17(3)12(2)13-5-7-14(16)8-6-13/h4-9,12H,10,16H2,1-3H3. The lowest BCUT2D eigenvalue weighted by atomic mass is 10.1. The van der Waals surface area contributed by atoms with Crippen molar-refractivity contribution >= 4 is 5.69 Å². The number of furan rings is 1. The van der Waals surface area contributed by atoms with Gasteiger partial charge in [-0.3, -0.25) is 4.90 Å². The highest BCUT2D eigenvalue weighted by atomic mass is 16.3. The summed E-state index contributed by atoms with van der Waals surface area (Å²) in [7, 11) is 2.10. The first-order chi connectivity index (χ1) is 8.56. The molecule has 1 aromatic heterocycles. The van der Waals surface area contributed by atoms with Crippen molar-refractivity contribution in [2.24, 2.45) is 0 Å². The van der Waals surface area contributed by atoms with Gasteiger partial charge in [0.15, 0.2) is 0 Å². The Bertz CT molecular complexity index is 501. The number of anilines is 1. The Morgan fingerprint density at radius 2 is 1.83 bits per heavy atom. The number of hydrogen-bond acceptors (Lipinski definition) is 3. The van der Waals surface area contributed by atoms with E-state index in [4.69, 9.17) is 10.2 Å². The summed E-state index contributed by atoms with van der Waals surface area (Å²) >= 11 is 0. The van der Waals surface area contributed by atoms with Gasteiger partial charge in [0.1, 0.15) is 11.5 Å². The van der Waals surface area contributed by atoms with Crippen LogP contribution in [0.25, 0.3) is 0 Å². The van der Waals surface area contributed by atoms with Crippen molar-refractivity contribution < 1.29 is 4.42 Å². The maximum atomic E-state index is 5.70. The van der Waals surface area contributed by atoms with Crippen LogP contribution in [0.5, 0.6) is 0 Å². The Labute approximate surface area is 108 Å². The molecule has 0 fully saturated rings. The van der Waals surface area contributed by atoms with Gasteiger partial charge in [0, 0.05) is 11.7 Å². The maximum absolute atomic E-state index is 5.70. The molecule has 3 heteroatoms. The SMILES string of the molecule is Cc1ccc(CN(C)C(C)c2ccc(N)cc2)o1. The van der Waals surface area contributed by atoms with Crippen molar-refractivity contribution in [1.29, 1.82) is 0 Å². The zero-order valence-electron chi connectivity index (χ0n) is 11.2. The van der Waals surface area contributed by atoms with E-state index in [-0.39, 0.29) is 0 Å². The lowest BCUT2D eigenvalue weighted by molar-refractivity contribution is 0.231. The Kier molecular flexibility index (Phi) is 3.72. The predicted octanol–water partition coefficient (Wildman–Crippen LogP) is 3.36. The first-order valence-corrected chi connectivity index (χ1v) is 6.17. The number of nitrogens with two attached hydrogens (primary N) is 1. The summed E-state index contributed by atoms with van der Waals surface area (Å²) in [6, 6.07) is 12.4. The van der Waals surface area contributed by atoms with E-state index in [1.165, 1.54) is 5.56 Å². The second kappa shape index (κ2) is 5.27. The predicted molar refractivity (Wildman–Crippen MR) is 74.2 cm³/mol. The highest BCUT2D eigenvalue weighted by Crippen LogP contribution is 2.22. The number of benzene rings is 1. The Balaban J connectivity index is 2.04. The summed E-state index contributed by atoms with van der Waals surface area (Å²) in [6.45, 7) is 4.95. The van der Waals surface area contributed by atoms with Gasteiger partial charge in [0.05, 0.1) is 6.54 Å². The second-order valence-electron chi connectivity index (χ2n) is 4.77. The Hall–Kier alpha value is -1.74. The number of rotatable bonds is 4. The molecular weight excluding hydrogens is 224 g/mol. The van der Waals surface area contributed by atoms with Crippen LogP contribution in [0.15, 0.2) is 40.8 Å². The molecule has 18 heavy (non-hydrogen) atoms. The topological polar surface area (TPSA) is 42.4 Å². The van der Waals surface area contributed by atoms with Crippen molar-refractivity contribution in [3.05, 3.63) is 53.5 Å². The van der Waals surface area contributed by atoms with Gasteiger partial charge >= 0.3 is 0 Å². The molecule has 0 aliphatic heterocycles. The van der Waals surface area contributed by atoms with E-state index < -0.39 is 0 Å². The molecule has 2 aromatic rings. The molecule has 2 rings (SSSR count). The molecular formula is C15H20N2O. The molecule has 0 spiro atoms. The molecule has 1 aromatic carbocycles. The summed E-state index contributed by atoms with van der Waals surface area (Å²) in [5.41, 5.74) is 7.76. The minimum absolute atomic E-state index is 0.330. The summed E-state index contributed by atoms with van der Waals surface area (Å²) in [5.74, 6) is 1.95. The first-order valence-electron chi connectivity index (χ1n) is 6.17. The van der Waals surface area contributed by atoms with Crippen LogP contribution in [0, 0.1) is 6.92 Å². The van der Waals surface area contributed by atoms with E-state index in [0.717, 1.165) is 23.8 Å². The lowest BCUT2D eigenvalue weighted by Gasteiger charge is -2.24. The van der Waals surface area contributed by atoms with Gasteiger partial charge in [-0.25, -0.2) is 0 Å². The zero-order chi connectivity index (χ0) is 13.1. The minimum Gasteiger partial charge on any atom is -0.465 e. The van der Waals surface area contributed by atoms with E-state index in [9.17, 15) is 0 Å². The van der Waals surface area contributed by atoms with Crippen LogP contribution < -0.4 is 5.73 Å². The fourth-order valence-corrected chi connectivity index (χ4v) is 1.98. The second-order valence-corrected chi connectivity index (χ2v) is 4.77. The fourth-order valence-electron chi connectivity index (χ4n) is 1.98. The number of nitrogen functional groups attached to an aromatic ring is 1. The van der Waals surface area contributed by atoms with Crippen LogP contribution in [0.1, 0.15) is 30.0 Å². The Morgan fingerprint density at radius 1 is 1.17 bits per heavy atom. The normalized spacial score (nSPS) is 12.9. The molecule has 0 amide bonds. The van der Waals surface area contributed by atoms with E-state index in [0.29, 0.717) is 6.04 Å². The van der Waals surface area contributed by atoms with E-state index in [1.807, 2.05) is 31.2 Å². The molecule has 3 nitrogen and oxygen atoms in total. The lowest BCUT2D eigenvalue weighted by Crippen LogP contribution is -2.21. The molecule has 1 heterocycles. The molecule has 0 saturated heterocycles. The van der Waals surface area contributed by atoms with Gasteiger partial charge in [-0.2, -0.15) is 0 Å². The van der Waals surface area contributed by atoms with Crippen molar-refractivity contribution in [3.8, 4) is 0 Å². The zero-order valence-corrected chi connectivity index (χ0v) is 11.2. The molecule has 2 N–H and O–H groups in total. The molecule has 1 unspecified atom stereocenters. The van der Waals surface area contributed by atoms with Gasteiger partial charge in [-0.1, -0.05) is 12.1 Å². The molecule has 0 aliphatic rings. The maximum Gasteiger partial charge on any atom is 0.118 e. The highest BCUT2D eigenvalue weighted by Gasteiger charge is 2.13. The van der Waals surface area contributed by atoms with Crippen LogP contribution in [-0.2, 0) is 6.54 Å². The van der Waals surface area contributed by atoms with E-state index >= 15 is 0 Å². The van der Waals surface area contributed by atoms with Crippen molar-refractivity contribution in [2.75, 3.05) is 12.8 Å². The van der Waals surface area contributed by atoms with Crippen LogP contribution in [0.2, 0.25) is 0 Å². The van der Waals surface area contributed by atoms with E-state index in [2.05, 4.69) is 31.0 Å². The van der Waals surface area contributed by atoms with Crippen molar-refractivity contribution in [1.82, 2.24) is 4.90 Å². The van der Waals surface area contributed by atoms with Crippen molar-refractivity contribution in [2.45, 2.75) is 26.4 Å². The minimum atomic E-state index is 0.330. The highest BCUT2D eigenvalue weighted by molar-refractivity contribution is 5.40. The van der Waals surface area contributed by atoms with Gasteiger partial charge in [-0.15, -0.1) is 0 Å². The molecule has 0 aliphatic carbocycles. The van der Waals surface area contributed by atoms with Crippen LogP contribution in [0.3, 0.4) is 0 Å². The Morgan fingerprint density at radius 3 is 2.39 bits per heavy atom.